The molecule has 3 aromatic rings. The monoisotopic (exact) mass is 393 g/mol. The predicted octanol–water partition coefficient (Wildman–Crippen LogP) is 3.00. The van der Waals surface area contributed by atoms with Gasteiger partial charge in [0, 0.05) is 55.3 Å². The minimum Gasteiger partial charge on any atom is -0.454 e. The first-order valence-corrected chi connectivity index (χ1v) is 9.61. The van der Waals surface area contributed by atoms with Crippen molar-refractivity contribution in [2.75, 3.05) is 24.8 Å². The maximum atomic E-state index is 12.3. The highest BCUT2D eigenvalue weighted by atomic mass is 16.7. The summed E-state index contributed by atoms with van der Waals surface area (Å²) in [5.41, 5.74) is 2.95. The van der Waals surface area contributed by atoms with Crippen molar-refractivity contribution in [3.8, 4) is 11.5 Å². The van der Waals surface area contributed by atoms with Crippen LogP contribution < -0.4 is 19.7 Å². The van der Waals surface area contributed by atoms with Crippen molar-refractivity contribution in [1.29, 1.82) is 0 Å². The lowest BCUT2D eigenvalue weighted by atomic mass is 10.1. The second-order valence-electron chi connectivity index (χ2n) is 6.92. The summed E-state index contributed by atoms with van der Waals surface area (Å²) >= 11 is 0. The molecule has 1 aliphatic heterocycles. The topological polar surface area (TPSA) is 83.7 Å². The lowest BCUT2D eigenvalue weighted by molar-refractivity contribution is -0.121. The number of carbonyl (C=O) groups is 2. The molecule has 2 N–H and O–H groups in total. The third-order valence-corrected chi connectivity index (χ3v) is 5.00. The maximum Gasteiger partial charge on any atom is 0.231 e. The highest BCUT2D eigenvalue weighted by Crippen LogP contribution is 2.35. The summed E-state index contributed by atoms with van der Waals surface area (Å²) in [5, 5.41) is 4.11. The number of anilines is 1. The Balaban J connectivity index is 1.30. The van der Waals surface area contributed by atoms with Gasteiger partial charge in [0.15, 0.2) is 11.5 Å². The normalized spacial score (nSPS) is 12.2. The molecule has 7 nitrogen and oxygen atoms in total. The summed E-state index contributed by atoms with van der Waals surface area (Å²) in [6, 6.07) is 13.4. The second-order valence-corrected chi connectivity index (χ2v) is 6.92. The average Bonchev–Trinajstić information content (AvgIpc) is 3.34. The molecule has 150 valence electrons. The molecule has 1 aromatic heterocycles. The molecule has 0 atom stereocenters. The molecule has 7 heteroatoms. The Hall–Kier alpha value is -3.48. The first kappa shape index (κ1) is 18.9. The highest BCUT2D eigenvalue weighted by Gasteiger charge is 2.19. The number of nitrogens with zero attached hydrogens (tertiary/aromatic N) is 1. The van der Waals surface area contributed by atoms with Gasteiger partial charge >= 0.3 is 0 Å². The van der Waals surface area contributed by atoms with Crippen molar-refractivity contribution in [3.05, 3.63) is 54.2 Å². The van der Waals surface area contributed by atoms with Crippen molar-refractivity contribution >= 4 is 28.4 Å². The number of hydrogen-bond acceptors (Lipinski definition) is 4. The molecule has 0 spiro atoms. The lowest BCUT2D eigenvalue weighted by Crippen LogP contribution is -2.34. The molecule has 4 rings (SSSR count). The van der Waals surface area contributed by atoms with E-state index in [0.717, 1.165) is 11.9 Å². The van der Waals surface area contributed by atoms with E-state index in [1.165, 1.54) is 17.9 Å². The summed E-state index contributed by atoms with van der Waals surface area (Å²) in [5.74, 6) is 1.05. The zero-order valence-electron chi connectivity index (χ0n) is 16.2. The molecule has 2 heterocycles. The van der Waals surface area contributed by atoms with E-state index >= 15 is 0 Å². The number of hydrogen-bond donors (Lipinski definition) is 2. The van der Waals surface area contributed by atoms with E-state index in [2.05, 4.69) is 16.4 Å². The van der Waals surface area contributed by atoms with E-state index in [0.29, 0.717) is 30.3 Å². The van der Waals surface area contributed by atoms with Gasteiger partial charge in [-0.1, -0.05) is 18.2 Å². The molecule has 1 aliphatic rings. The Kier molecular flexibility index (Phi) is 5.37. The van der Waals surface area contributed by atoms with Gasteiger partial charge in [-0.25, -0.2) is 0 Å². The molecule has 2 amide bonds. The van der Waals surface area contributed by atoms with Crippen LogP contribution in [0.1, 0.15) is 18.9 Å². The molecule has 0 aliphatic carbocycles. The third-order valence-electron chi connectivity index (χ3n) is 5.00. The summed E-state index contributed by atoms with van der Waals surface area (Å²) in [6.07, 6.45) is 2.95. The fraction of sp³-hybridized carbons (Fsp3) is 0.273. The first-order chi connectivity index (χ1) is 14.1. The van der Waals surface area contributed by atoms with Crippen molar-refractivity contribution < 1.29 is 19.1 Å². The van der Waals surface area contributed by atoms with Crippen molar-refractivity contribution in [3.63, 3.8) is 0 Å². The van der Waals surface area contributed by atoms with Crippen LogP contribution in [0.15, 0.2) is 48.7 Å². The number of fused-ring (bicyclic) bond motifs is 2. The molecule has 29 heavy (non-hydrogen) atoms. The van der Waals surface area contributed by atoms with Gasteiger partial charge in [-0.2, -0.15) is 0 Å². The van der Waals surface area contributed by atoms with E-state index in [-0.39, 0.29) is 25.0 Å². The fourth-order valence-electron chi connectivity index (χ4n) is 3.50. The van der Waals surface area contributed by atoms with Crippen LogP contribution in [0.5, 0.6) is 11.5 Å². The number of benzene rings is 2. The Bertz CT molecular complexity index is 1040. The molecule has 0 saturated heterocycles. The highest BCUT2D eigenvalue weighted by molar-refractivity contribution is 5.92. The van der Waals surface area contributed by atoms with Crippen molar-refractivity contribution in [1.82, 2.24) is 10.3 Å². The van der Waals surface area contributed by atoms with Crippen LogP contribution in [-0.4, -0.2) is 36.7 Å². The lowest BCUT2D eigenvalue weighted by Gasteiger charge is -2.21. The standard InChI is InChI=1S/C22H23N3O4/c1-15(26)25(17-6-7-20-21(12-17)29-14-28-20)11-9-22(27)23-10-8-16-13-24-19-5-3-2-4-18(16)19/h2-7,12-13,24H,8-11,14H2,1H3,(H,23,27). The Morgan fingerprint density at radius 1 is 1.14 bits per heavy atom. The van der Waals surface area contributed by atoms with E-state index < -0.39 is 0 Å². The van der Waals surface area contributed by atoms with Gasteiger partial charge in [0.05, 0.1) is 0 Å². The van der Waals surface area contributed by atoms with Gasteiger partial charge in [-0.3, -0.25) is 9.59 Å². The predicted molar refractivity (Wildman–Crippen MR) is 110 cm³/mol. The number of rotatable bonds is 7. The van der Waals surface area contributed by atoms with Gasteiger partial charge < -0.3 is 24.7 Å². The Labute approximate surface area is 168 Å². The van der Waals surface area contributed by atoms with E-state index in [9.17, 15) is 9.59 Å². The van der Waals surface area contributed by atoms with Crippen molar-refractivity contribution in [2.24, 2.45) is 0 Å². The number of nitrogens with one attached hydrogen (secondary N) is 2. The largest absolute Gasteiger partial charge is 0.454 e. The summed E-state index contributed by atoms with van der Waals surface area (Å²) in [4.78, 5) is 29.2. The van der Waals surface area contributed by atoms with E-state index in [4.69, 9.17) is 9.47 Å². The number of amides is 2. The Morgan fingerprint density at radius 2 is 1.97 bits per heavy atom. The van der Waals surface area contributed by atoms with Crippen LogP contribution in [0, 0.1) is 0 Å². The van der Waals surface area contributed by atoms with Crippen LogP contribution in [0.2, 0.25) is 0 Å². The number of H-pyrrole nitrogens is 1. The Morgan fingerprint density at radius 3 is 2.83 bits per heavy atom. The number of aromatic amines is 1. The number of aromatic nitrogens is 1. The molecule has 0 radical (unpaired) electrons. The molecule has 0 bridgehead atoms. The molecular formula is C22H23N3O4. The van der Waals surface area contributed by atoms with Crippen LogP contribution in [0.4, 0.5) is 5.69 Å². The van der Waals surface area contributed by atoms with E-state index in [1.54, 1.807) is 23.1 Å². The smallest absolute Gasteiger partial charge is 0.231 e. The third kappa shape index (κ3) is 4.18. The molecule has 0 fully saturated rings. The maximum absolute atomic E-state index is 12.3. The fourth-order valence-corrected chi connectivity index (χ4v) is 3.50. The van der Waals surface area contributed by atoms with Crippen molar-refractivity contribution in [2.45, 2.75) is 19.8 Å². The van der Waals surface area contributed by atoms with Gasteiger partial charge in [0.1, 0.15) is 0 Å². The molecule has 0 saturated carbocycles. The van der Waals surface area contributed by atoms with Crippen LogP contribution >= 0.6 is 0 Å². The zero-order chi connectivity index (χ0) is 20.2. The van der Waals surface area contributed by atoms with Crippen LogP contribution in [0.25, 0.3) is 10.9 Å². The van der Waals surface area contributed by atoms with Gasteiger partial charge in [-0.05, 0) is 30.2 Å². The number of ether oxygens (including phenoxy) is 2. The van der Waals surface area contributed by atoms with Gasteiger partial charge in [-0.15, -0.1) is 0 Å². The van der Waals surface area contributed by atoms with Crippen LogP contribution in [0.3, 0.4) is 0 Å². The molecular weight excluding hydrogens is 370 g/mol. The second kappa shape index (κ2) is 8.26. The van der Waals surface area contributed by atoms with Gasteiger partial charge in [0.2, 0.25) is 18.6 Å². The zero-order valence-corrected chi connectivity index (χ0v) is 16.2. The summed E-state index contributed by atoms with van der Waals surface area (Å²) in [7, 11) is 0. The summed E-state index contributed by atoms with van der Waals surface area (Å²) in [6.45, 7) is 2.51. The summed E-state index contributed by atoms with van der Waals surface area (Å²) < 4.78 is 10.7. The average molecular weight is 393 g/mol. The quantitative estimate of drug-likeness (QED) is 0.646. The van der Waals surface area contributed by atoms with Crippen LogP contribution in [-0.2, 0) is 16.0 Å². The molecule has 2 aromatic carbocycles. The number of carbonyl (C=O) groups excluding carboxylic acids is 2. The first-order valence-electron chi connectivity index (χ1n) is 9.61. The minimum absolute atomic E-state index is 0.0863. The van der Waals surface area contributed by atoms with Gasteiger partial charge in [0.25, 0.3) is 0 Å². The SMILES string of the molecule is CC(=O)N(CCC(=O)NCCc1c[nH]c2ccccc12)c1ccc2c(c1)OCO2. The minimum atomic E-state index is -0.129. The van der Waals surface area contributed by atoms with E-state index in [1.807, 2.05) is 24.4 Å². The number of para-hydroxylation sites is 1. The molecule has 0 unspecified atom stereocenters.